The monoisotopic (exact) mass is 208 g/mol. The third-order valence-corrected chi connectivity index (χ3v) is 1.90. The van der Waals surface area contributed by atoms with Crippen LogP contribution in [0.1, 0.15) is 15.9 Å². The van der Waals surface area contributed by atoms with Gasteiger partial charge in [0.2, 0.25) is 5.91 Å². The lowest BCUT2D eigenvalue weighted by Crippen LogP contribution is -2.31. The number of amides is 1. The molecule has 0 aromatic heterocycles. The van der Waals surface area contributed by atoms with E-state index in [1.807, 2.05) is 5.43 Å². The predicted molar refractivity (Wildman–Crippen MR) is 53.8 cm³/mol. The summed E-state index contributed by atoms with van der Waals surface area (Å²) in [6.45, 7) is 0. The summed E-state index contributed by atoms with van der Waals surface area (Å²) in [6.07, 6.45) is 0.192. The van der Waals surface area contributed by atoms with E-state index in [2.05, 4.69) is 4.74 Å². The van der Waals surface area contributed by atoms with Crippen LogP contribution in [-0.4, -0.2) is 19.0 Å². The number of hydrogen-bond donors (Lipinski definition) is 2. The number of ether oxygens (including phenoxy) is 1. The van der Waals surface area contributed by atoms with Crippen molar-refractivity contribution in [1.29, 1.82) is 0 Å². The van der Waals surface area contributed by atoms with Crippen molar-refractivity contribution in [3.63, 3.8) is 0 Å². The van der Waals surface area contributed by atoms with E-state index in [1.54, 1.807) is 24.3 Å². The van der Waals surface area contributed by atoms with Gasteiger partial charge in [-0.25, -0.2) is 10.6 Å². The van der Waals surface area contributed by atoms with Gasteiger partial charge in [-0.1, -0.05) is 12.1 Å². The van der Waals surface area contributed by atoms with E-state index in [9.17, 15) is 9.59 Å². The van der Waals surface area contributed by atoms with Gasteiger partial charge < -0.3 is 4.74 Å². The van der Waals surface area contributed by atoms with Gasteiger partial charge in [0.15, 0.2) is 0 Å². The third kappa shape index (κ3) is 3.07. The zero-order valence-corrected chi connectivity index (χ0v) is 8.32. The molecule has 5 heteroatoms. The molecule has 0 aliphatic heterocycles. The van der Waals surface area contributed by atoms with Crippen LogP contribution in [0.2, 0.25) is 0 Å². The normalized spacial score (nSPS) is 9.47. The molecule has 0 aliphatic carbocycles. The minimum absolute atomic E-state index is 0.192. The van der Waals surface area contributed by atoms with Crippen molar-refractivity contribution in [2.24, 2.45) is 5.84 Å². The highest BCUT2D eigenvalue weighted by Crippen LogP contribution is 2.06. The molecule has 1 aromatic rings. The van der Waals surface area contributed by atoms with E-state index in [1.165, 1.54) is 7.11 Å². The maximum absolute atomic E-state index is 11.1. The van der Waals surface area contributed by atoms with Gasteiger partial charge in [-0.05, 0) is 17.7 Å². The van der Waals surface area contributed by atoms with E-state index in [-0.39, 0.29) is 12.3 Å². The summed E-state index contributed by atoms with van der Waals surface area (Å²) in [5.74, 6) is 4.27. The van der Waals surface area contributed by atoms with Gasteiger partial charge in [-0.3, -0.25) is 10.2 Å². The topological polar surface area (TPSA) is 81.4 Å². The first kappa shape index (κ1) is 11.2. The van der Waals surface area contributed by atoms with Crippen molar-refractivity contribution >= 4 is 11.9 Å². The Labute approximate surface area is 87.2 Å². The summed E-state index contributed by atoms with van der Waals surface area (Å²) < 4.78 is 4.54. The fourth-order valence-electron chi connectivity index (χ4n) is 1.11. The standard InChI is InChI=1S/C10H12N2O3/c1-15-10(14)8-4-2-7(3-5-8)6-9(13)12-11/h2-5H,6,11H2,1H3,(H,12,13). The lowest BCUT2D eigenvalue weighted by atomic mass is 10.1. The fraction of sp³-hybridized carbons (Fsp3) is 0.200. The van der Waals surface area contributed by atoms with Gasteiger partial charge in [-0.15, -0.1) is 0 Å². The quantitative estimate of drug-likeness (QED) is 0.317. The van der Waals surface area contributed by atoms with E-state index < -0.39 is 5.97 Å². The zero-order valence-electron chi connectivity index (χ0n) is 8.32. The van der Waals surface area contributed by atoms with E-state index >= 15 is 0 Å². The van der Waals surface area contributed by atoms with Gasteiger partial charge in [-0.2, -0.15) is 0 Å². The molecule has 3 N–H and O–H groups in total. The van der Waals surface area contributed by atoms with Crippen LogP contribution < -0.4 is 11.3 Å². The first-order valence-electron chi connectivity index (χ1n) is 4.34. The van der Waals surface area contributed by atoms with E-state index in [4.69, 9.17) is 5.84 Å². The number of carbonyl (C=O) groups is 2. The zero-order chi connectivity index (χ0) is 11.3. The largest absolute Gasteiger partial charge is 0.465 e. The van der Waals surface area contributed by atoms with Crippen LogP contribution in [-0.2, 0) is 16.0 Å². The molecule has 80 valence electrons. The van der Waals surface area contributed by atoms with Crippen LogP contribution in [0.5, 0.6) is 0 Å². The summed E-state index contributed by atoms with van der Waals surface area (Å²) in [5.41, 5.74) is 3.27. The molecular formula is C10H12N2O3. The van der Waals surface area contributed by atoms with Crippen LogP contribution in [0.4, 0.5) is 0 Å². The Bertz CT molecular complexity index is 359. The maximum Gasteiger partial charge on any atom is 0.337 e. The number of hydrazine groups is 1. The van der Waals surface area contributed by atoms with Crippen molar-refractivity contribution in [1.82, 2.24) is 5.43 Å². The van der Waals surface area contributed by atoms with Crippen molar-refractivity contribution < 1.29 is 14.3 Å². The molecule has 15 heavy (non-hydrogen) atoms. The molecule has 0 heterocycles. The van der Waals surface area contributed by atoms with Crippen molar-refractivity contribution in [2.75, 3.05) is 7.11 Å². The molecule has 1 rings (SSSR count). The second-order valence-corrected chi connectivity index (χ2v) is 2.93. The fourth-order valence-corrected chi connectivity index (χ4v) is 1.11. The van der Waals surface area contributed by atoms with E-state index in [0.717, 1.165) is 5.56 Å². The summed E-state index contributed by atoms with van der Waals surface area (Å²) in [7, 11) is 1.32. The molecule has 0 atom stereocenters. The second-order valence-electron chi connectivity index (χ2n) is 2.93. The van der Waals surface area contributed by atoms with Gasteiger partial charge >= 0.3 is 5.97 Å². The lowest BCUT2D eigenvalue weighted by Gasteiger charge is -2.02. The van der Waals surface area contributed by atoms with Gasteiger partial charge in [0.1, 0.15) is 0 Å². The van der Waals surface area contributed by atoms with Crippen LogP contribution >= 0.6 is 0 Å². The summed E-state index contributed by atoms with van der Waals surface area (Å²) in [5, 5.41) is 0. The van der Waals surface area contributed by atoms with Crippen LogP contribution in [0.15, 0.2) is 24.3 Å². The van der Waals surface area contributed by atoms with Gasteiger partial charge in [0.25, 0.3) is 0 Å². The number of methoxy groups -OCH3 is 1. The van der Waals surface area contributed by atoms with Crippen LogP contribution in [0.25, 0.3) is 0 Å². The van der Waals surface area contributed by atoms with Crippen molar-refractivity contribution in [3.05, 3.63) is 35.4 Å². The van der Waals surface area contributed by atoms with Crippen LogP contribution in [0.3, 0.4) is 0 Å². The Kier molecular flexibility index (Phi) is 3.82. The highest BCUT2D eigenvalue weighted by Gasteiger charge is 2.05. The van der Waals surface area contributed by atoms with Crippen molar-refractivity contribution in [3.8, 4) is 0 Å². The molecule has 0 aliphatic rings. The SMILES string of the molecule is COC(=O)c1ccc(CC(=O)NN)cc1. The highest BCUT2D eigenvalue weighted by molar-refractivity contribution is 5.89. The average molecular weight is 208 g/mol. The molecular weight excluding hydrogens is 196 g/mol. The highest BCUT2D eigenvalue weighted by atomic mass is 16.5. The number of rotatable bonds is 3. The smallest absolute Gasteiger partial charge is 0.337 e. The number of carbonyl (C=O) groups excluding carboxylic acids is 2. The molecule has 0 saturated heterocycles. The predicted octanol–water partition coefficient (Wildman–Crippen LogP) is 0.00560. The summed E-state index contributed by atoms with van der Waals surface area (Å²) >= 11 is 0. The second kappa shape index (κ2) is 5.11. The summed E-state index contributed by atoms with van der Waals surface area (Å²) in [4.78, 5) is 22.0. The van der Waals surface area contributed by atoms with Gasteiger partial charge in [0, 0.05) is 0 Å². The first-order valence-corrected chi connectivity index (χ1v) is 4.34. The van der Waals surface area contributed by atoms with Gasteiger partial charge in [0.05, 0.1) is 19.1 Å². The molecule has 1 aromatic carbocycles. The first-order chi connectivity index (χ1) is 7.17. The Morgan fingerprint density at radius 3 is 2.40 bits per heavy atom. The molecule has 0 saturated carbocycles. The van der Waals surface area contributed by atoms with Crippen LogP contribution in [0, 0.1) is 0 Å². The average Bonchev–Trinajstić information content (AvgIpc) is 2.29. The number of benzene rings is 1. The molecule has 0 radical (unpaired) electrons. The molecule has 0 spiro atoms. The van der Waals surface area contributed by atoms with Crippen molar-refractivity contribution in [2.45, 2.75) is 6.42 Å². The molecule has 0 unspecified atom stereocenters. The number of nitrogens with two attached hydrogens (primary N) is 1. The molecule has 0 bridgehead atoms. The molecule has 0 fully saturated rings. The minimum Gasteiger partial charge on any atom is -0.465 e. The Balaban J connectivity index is 2.72. The number of hydrogen-bond acceptors (Lipinski definition) is 4. The maximum atomic E-state index is 11.1. The Morgan fingerprint density at radius 2 is 1.93 bits per heavy atom. The Morgan fingerprint density at radius 1 is 1.33 bits per heavy atom. The lowest BCUT2D eigenvalue weighted by molar-refractivity contribution is -0.120. The Hall–Kier alpha value is -1.88. The number of esters is 1. The minimum atomic E-state index is -0.398. The number of nitrogens with one attached hydrogen (secondary N) is 1. The third-order valence-electron chi connectivity index (χ3n) is 1.90. The molecule has 1 amide bonds. The molecule has 5 nitrogen and oxygen atoms in total. The summed E-state index contributed by atoms with van der Waals surface area (Å²) in [6, 6.07) is 6.57. The van der Waals surface area contributed by atoms with E-state index in [0.29, 0.717) is 5.56 Å².